The smallest absolute Gasteiger partial charge is 0.219 e. The van der Waals surface area contributed by atoms with Crippen LogP contribution >= 0.6 is 0 Å². The van der Waals surface area contributed by atoms with Gasteiger partial charge in [-0.2, -0.15) is 4.98 Å². The molecule has 2 aromatic rings. The van der Waals surface area contributed by atoms with Gasteiger partial charge in [0, 0.05) is 18.7 Å². The molecule has 2 rings (SSSR count). The fourth-order valence-corrected chi connectivity index (χ4v) is 1.55. The maximum absolute atomic E-state index is 5.57. The molecule has 18 heavy (non-hydrogen) atoms. The van der Waals surface area contributed by atoms with E-state index in [0.717, 1.165) is 17.8 Å². The Balaban J connectivity index is 2.35. The molecule has 0 bridgehead atoms. The lowest BCUT2D eigenvalue weighted by molar-refractivity contribution is 0.305. The highest BCUT2D eigenvalue weighted by molar-refractivity contribution is 5.58. The second-order valence-electron chi connectivity index (χ2n) is 3.88. The molecule has 0 aliphatic rings. The Morgan fingerprint density at radius 3 is 2.61 bits per heavy atom. The number of hydrogen-bond acceptors (Lipinski definition) is 4. The van der Waals surface area contributed by atoms with Crippen LogP contribution < -0.4 is 10.1 Å². The van der Waals surface area contributed by atoms with Crippen LogP contribution in [-0.4, -0.2) is 23.6 Å². The molecule has 0 saturated heterocycles. The first-order valence-electron chi connectivity index (χ1n) is 6.08. The molecule has 0 radical (unpaired) electrons. The number of aromatic nitrogens is 2. The molecule has 0 atom stereocenters. The first-order chi connectivity index (χ1) is 8.83. The molecule has 1 N–H and O–H groups in total. The summed E-state index contributed by atoms with van der Waals surface area (Å²) in [6.07, 6.45) is 0.958. The summed E-state index contributed by atoms with van der Waals surface area (Å²) in [5, 5.41) is 3.02. The van der Waals surface area contributed by atoms with Crippen LogP contribution in [0.5, 0.6) is 5.88 Å². The number of hydrogen-bond donors (Lipinski definition) is 1. The molecule has 4 nitrogen and oxygen atoms in total. The first kappa shape index (κ1) is 12.4. The SMILES string of the molecule is CCCOc1cc(NC)nc(-c2ccccc2)n1. The Labute approximate surface area is 107 Å². The maximum Gasteiger partial charge on any atom is 0.219 e. The number of anilines is 1. The van der Waals surface area contributed by atoms with E-state index >= 15 is 0 Å². The van der Waals surface area contributed by atoms with Crippen molar-refractivity contribution in [2.75, 3.05) is 19.0 Å². The van der Waals surface area contributed by atoms with Crippen LogP contribution in [0.3, 0.4) is 0 Å². The third-order valence-corrected chi connectivity index (χ3v) is 2.44. The quantitative estimate of drug-likeness (QED) is 0.877. The van der Waals surface area contributed by atoms with Gasteiger partial charge in [0.05, 0.1) is 6.61 Å². The van der Waals surface area contributed by atoms with Crippen molar-refractivity contribution in [1.29, 1.82) is 0 Å². The minimum atomic E-state index is 0.607. The Bertz CT molecular complexity index is 500. The maximum atomic E-state index is 5.57. The summed E-state index contributed by atoms with van der Waals surface area (Å²) in [7, 11) is 1.83. The number of nitrogens with one attached hydrogen (secondary N) is 1. The fraction of sp³-hybridized carbons (Fsp3) is 0.286. The van der Waals surface area contributed by atoms with Gasteiger partial charge >= 0.3 is 0 Å². The Kier molecular flexibility index (Phi) is 4.12. The van der Waals surface area contributed by atoms with E-state index < -0.39 is 0 Å². The molecule has 0 aliphatic heterocycles. The van der Waals surface area contributed by atoms with Crippen LogP contribution in [0.25, 0.3) is 11.4 Å². The third-order valence-electron chi connectivity index (χ3n) is 2.44. The van der Waals surface area contributed by atoms with E-state index in [-0.39, 0.29) is 0 Å². The predicted octanol–water partition coefficient (Wildman–Crippen LogP) is 2.97. The van der Waals surface area contributed by atoms with Crippen LogP contribution in [0, 0.1) is 0 Å². The molecule has 0 saturated carbocycles. The van der Waals surface area contributed by atoms with E-state index in [1.54, 1.807) is 0 Å². The molecule has 1 aromatic carbocycles. The normalized spacial score (nSPS) is 10.1. The van der Waals surface area contributed by atoms with Gasteiger partial charge in [0.15, 0.2) is 5.82 Å². The summed E-state index contributed by atoms with van der Waals surface area (Å²) >= 11 is 0. The van der Waals surface area contributed by atoms with Gasteiger partial charge in [0.25, 0.3) is 0 Å². The molecule has 0 amide bonds. The lowest BCUT2D eigenvalue weighted by Gasteiger charge is -2.08. The standard InChI is InChI=1S/C14H17N3O/c1-3-9-18-13-10-12(15-2)16-14(17-13)11-7-5-4-6-8-11/h4-8,10H,3,9H2,1-2H3,(H,15,16,17). The highest BCUT2D eigenvalue weighted by atomic mass is 16.5. The van der Waals surface area contributed by atoms with E-state index in [9.17, 15) is 0 Å². The number of nitrogens with zero attached hydrogens (tertiary/aromatic N) is 2. The average Bonchev–Trinajstić information content (AvgIpc) is 2.45. The first-order valence-corrected chi connectivity index (χ1v) is 6.08. The minimum Gasteiger partial charge on any atom is -0.478 e. The molecule has 0 unspecified atom stereocenters. The number of rotatable bonds is 5. The monoisotopic (exact) mass is 243 g/mol. The lowest BCUT2D eigenvalue weighted by Crippen LogP contribution is -2.02. The summed E-state index contributed by atoms with van der Waals surface area (Å²) in [5.41, 5.74) is 0.982. The Hall–Kier alpha value is -2.10. The highest BCUT2D eigenvalue weighted by Crippen LogP contribution is 2.21. The van der Waals surface area contributed by atoms with Gasteiger partial charge in [0.1, 0.15) is 5.82 Å². The van der Waals surface area contributed by atoms with E-state index in [2.05, 4.69) is 22.2 Å². The summed E-state index contributed by atoms with van der Waals surface area (Å²) in [5.74, 6) is 2.04. The zero-order chi connectivity index (χ0) is 12.8. The van der Waals surface area contributed by atoms with Crippen molar-refractivity contribution in [3.05, 3.63) is 36.4 Å². The van der Waals surface area contributed by atoms with E-state index in [1.807, 2.05) is 43.4 Å². The van der Waals surface area contributed by atoms with Gasteiger partial charge in [-0.3, -0.25) is 0 Å². The molecule has 0 spiro atoms. The van der Waals surface area contributed by atoms with Crippen molar-refractivity contribution >= 4 is 5.82 Å². The molecule has 1 heterocycles. The van der Waals surface area contributed by atoms with Gasteiger partial charge in [-0.1, -0.05) is 37.3 Å². The second-order valence-corrected chi connectivity index (χ2v) is 3.88. The molecule has 0 aliphatic carbocycles. The van der Waals surface area contributed by atoms with Crippen molar-refractivity contribution in [2.24, 2.45) is 0 Å². The zero-order valence-corrected chi connectivity index (χ0v) is 10.7. The van der Waals surface area contributed by atoms with Crippen LogP contribution in [0.4, 0.5) is 5.82 Å². The van der Waals surface area contributed by atoms with Gasteiger partial charge in [0.2, 0.25) is 5.88 Å². The molecule has 94 valence electrons. The van der Waals surface area contributed by atoms with Crippen LogP contribution in [0.2, 0.25) is 0 Å². The molecule has 1 aromatic heterocycles. The topological polar surface area (TPSA) is 47.0 Å². The third kappa shape index (κ3) is 2.97. The van der Waals surface area contributed by atoms with Crippen molar-refractivity contribution in [1.82, 2.24) is 9.97 Å². The molecular weight excluding hydrogens is 226 g/mol. The van der Waals surface area contributed by atoms with Gasteiger partial charge in [-0.15, -0.1) is 0 Å². The average molecular weight is 243 g/mol. The summed E-state index contributed by atoms with van der Waals surface area (Å²) < 4.78 is 5.57. The summed E-state index contributed by atoms with van der Waals surface area (Å²) in [6.45, 7) is 2.73. The van der Waals surface area contributed by atoms with E-state index in [0.29, 0.717) is 18.3 Å². The van der Waals surface area contributed by atoms with Crippen molar-refractivity contribution in [2.45, 2.75) is 13.3 Å². The minimum absolute atomic E-state index is 0.607. The van der Waals surface area contributed by atoms with Crippen LogP contribution in [0.1, 0.15) is 13.3 Å². The molecule has 4 heteroatoms. The summed E-state index contributed by atoms with van der Waals surface area (Å²) in [6, 6.07) is 11.7. The van der Waals surface area contributed by atoms with Crippen LogP contribution in [-0.2, 0) is 0 Å². The predicted molar refractivity (Wildman–Crippen MR) is 72.8 cm³/mol. The number of ether oxygens (including phenoxy) is 1. The second kappa shape index (κ2) is 6.00. The molecule has 0 fully saturated rings. The number of benzene rings is 1. The highest BCUT2D eigenvalue weighted by Gasteiger charge is 2.06. The summed E-state index contributed by atoms with van der Waals surface area (Å²) in [4.78, 5) is 8.84. The lowest BCUT2D eigenvalue weighted by atomic mass is 10.2. The largest absolute Gasteiger partial charge is 0.478 e. The van der Waals surface area contributed by atoms with Crippen molar-refractivity contribution in [3.63, 3.8) is 0 Å². The Morgan fingerprint density at radius 2 is 1.94 bits per heavy atom. The van der Waals surface area contributed by atoms with Gasteiger partial charge < -0.3 is 10.1 Å². The van der Waals surface area contributed by atoms with Crippen molar-refractivity contribution in [3.8, 4) is 17.3 Å². The van der Waals surface area contributed by atoms with E-state index in [4.69, 9.17) is 4.74 Å². The zero-order valence-electron chi connectivity index (χ0n) is 10.7. The van der Waals surface area contributed by atoms with Gasteiger partial charge in [-0.25, -0.2) is 4.98 Å². The van der Waals surface area contributed by atoms with Gasteiger partial charge in [-0.05, 0) is 6.42 Å². The molecular formula is C14H17N3O. The van der Waals surface area contributed by atoms with E-state index in [1.165, 1.54) is 0 Å². The van der Waals surface area contributed by atoms with Crippen molar-refractivity contribution < 1.29 is 4.74 Å². The van der Waals surface area contributed by atoms with Crippen LogP contribution in [0.15, 0.2) is 36.4 Å². The Morgan fingerprint density at radius 1 is 1.17 bits per heavy atom. The fourth-order valence-electron chi connectivity index (χ4n) is 1.55.